The molecule has 17 heavy (non-hydrogen) atoms. The Morgan fingerprint density at radius 2 is 2.06 bits per heavy atom. The molecule has 0 aromatic carbocycles. The molecule has 1 aliphatic rings. The topological polar surface area (TPSA) is 64.8 Å². The third-order valence-corrected chi connectivity index (χ3v) is 3.66. The number of hydrogen-bond donors (Lipinski definition) is 1. The number of morpholine rings is 1. The minimum atomic E-state index is -0.606. The first-order valence-corrected chi connectivity index (χ1v) is 6.31. The molecule has 0 aromatic rings. The highest BCUT2D eigenvalue weighted by atomic mass is 16.5. The van der Waals surface area contributed by atoms with Crippen LogP contribution in [0.2, 0.25) is 0 Å². The summed E-state index contributed by atoms with van der Waals surface area (Å²) in [6, 6.07) is -0.606. The summed E-state index contributed by atoms with van der Waals surface area (Å²) in [4.78, 5) is 14.0. The first-order chi connectivity index (χ1) is 8.06. The van der Waals surface area contributed by atoms with Gasteiger partial charge in [-0.1, -0.05) is 6.92 Å². The van der Waals surface area contributed by atoms with Crippen LogP contribution in [0.15, 0.2) is 0 Å². The summed E-state index contributed by atoms with van der Waals surface area (Å²) in [5, 5.41) is 0. The van der Waals surface area contributed by atoms with E-state index in [2.05, 4.69) is 11.8 Å². The van der Waals surface area contributed by atoms with Crippen molar-refractivity contribution in [3.63, 3.8) is 0 Å². The maximum absolute atomic E-state index is 11.8. The number of carbonyl (C=O) groups is 1. The van der Waals surface area contributed by atoms with Gasteiger partial charge < -0.3 is 15.2 Å². The number of nitrogens with zero attached hydrogens (tertiary/aromatic N) is 1. The summed E-state index contributed by atoms with van der Waals surface area (Å²) < 4.78 is 10.3. The quantitative estimate of drug-likeness (QED) is 0.708. The van der Waals surface area contributed by atoms with Crippen molar-refractivity contribution in [2.24, 2.45) is 5.73 Å². The molecule has 2 atom stereocenters. The lowest BCUT2D eigenvalue weighted by Gasteiger charge is -2.45. The summed E-state index contributed by atoms with van der Waals surface area (Å²) in [6.07, 6.45) is 0.812. The SMILES string of the molecule is CCOC(=O)[C@@H](N)[C@@](C)(CC)N1CCOCC1. The van der Waals surface area contributed by atoms with Crippen LogP contribution in [0.25, 0.3) is 0 Å². The maximum Gasteiger partial charge on any atom is 0.324 e. The van der Waals surface area contributed by atoms with Gasteiger partial charge in [-0.15, -0.1) is 0 Å². The second-order valence-corrected chi connectivity index (χ2v) is 4.54. The van der Waals surface area contributed by atoms with Gasteiger partial charge in [0.25, 0.3) is 0 Å². The molecule has 100 valence electrons. The lowest BCUT2D eigenvalue weighted by molar-refractivity contribution is -0.150. The number of carbonyl (C=O) groups excluding carboxylic acids is 1. The highest BCUT2D eigenvalue weighted by Crippen LogP contribution is 2.24. The Bertz CT molecular complexity index is 254. The standard InChI is InChI=1S/C12H24N2O3/c1-4-12(3,10(13)11(15)17-5-2)14-6-8-16-9-7-14/h10H,4-9,13H2,1-3H3/t10-,12-/m1/s1. The predicted molar refractivity (Wildman–Crippen MR) is 65.7 cm³/mol. The molecule has 0 aliphatic carbocycles. The highest BCUT2D eigenvalue weighted by molar-refractivity contribution is 5.77. The smallest absolute Gasteiger partial charge is 0.324 e. The number of nitrogens with two attached hydrogens (primary N) is 1. The van der Waals surface area contributed by atoms with Gasteiger partial charge in [0.15, 0.2) is 0 Å². The van der Waals surface area contributed by atoms with Crippen LogP contribution in [0, 0.1) is 0 Å². The molecule has 0 amide bonds. The molecule has 1 rings (SSSR count). The molecule has 0 bridgehead atoms. The Morgan fingerprint density at radius 3 is 2.53 bits per heavy atom. The Balaban J connectivity index is 2.74. The van der Waals surface area contributed by atoms with E-state index in [0.29, 0.717) is 19.8 Å². The number of esters is 1. The molecule has 2 N–H and O–H groups in total. The fourth-order valence-electron chi connectivity index (χ4n) is 2.20. The second kappa shape index (κ2) is 6.33. The zero-order valence-corrected chi connectivity index (χ0v) is 11.1. The minimum absolute atomic E-state index is 0.316. The average molecular weight is 244 g/mol. The van der Waals surface area contributed by atoms with Crippen molar-refractivity contribution in [2.45, 2.75) is 38.8 Å². The summed E-state index contributed by atoms with van der Waals surface area (Å²) in [5.74, 6) is -0.316. The molecule has 5 heteroatoms. The van der Waals surface area contributed by atoms with E-state index in [1.54, 1.807) is 6.92 Å². The molecule has 0 aromatic heterocycles. The molecule has 1 fully saturated rings. The van der Waals surface area contributed by atoms with Gasteiger partial charge in [-0.25, -0.2) is 0 Å². The van der Waals surface area contributed by atoms with Crippen LogP contribution in [-0.2, 0) is 14.3 Å². The van der Waals surface area contributed by atoms with Crippen molar-refractivity contribution in [1.82, 2.24) is 4.90 Å². The van der Waals surface area contributed by atoms with Gasteiger partial charge in [0.05, 0.1) is 19.8 Å². The van der Waals surface area contributed by atoms with Crippen molar-refractivity contribution in [2.75, 3.05) is 32.9 Å². The van der Waals surface area contributed by atoms with Gasteiger partial charge in [0.2, 0.25) is 0 Å². The minimum Gasteiger partial charge on any atom is -0.465 e. The van der Waals surface area contributed by atoms with Crippen LogP contribution in [0.5, 0.6) is 0 Å². The molecular formula is C12H24N2O3. The van der Waals surface area contributed by atoms with Gasteiger partial charge >= 0.3 is 5.97 Å². The van der Waals surface area contributed by atoms with Crippen LogP contribution in [0.4, 0.5) is 0 Å². The monoisotopic (exact) mass is 244 g/mol. The summed E-state index contributed by atoms with van der Waals surface area (Å²) in [6.45, 7) is 9.28. The van der Waals surface area contributed by atoms with Crippen LogP contribution < -0.4 is 5.73 Å². The molecule has 1 saturated heterocycles. The van der Waals surface area contributed by atoms with Gasteiger partial charge in [-0.3, -0.25) is 9.69 Å². The molecule has 0 saturated carbocycles. The van der Waals surface area contributed by atoms with Crippen LogP contribution in [0.1, 0.15) is 27.2 Å². The molecule has 1 heterocycles. The largest absolute Gasteiger partial charge is 0.465 e. The van der Waals surface area contributed by atoms with Crippen molar-refractivity contribution in [1.29, 1.82) is 0 Å². The Hall–Kier alpha value is -0.650. The van der Waals surface area contributed by atoms with Crippen LogP contribution in [-0.4, -0.2) is 55.4 Å². The molecule has 1 aliphatic heterocycles. The maximum atomic E-state index is 11.8. The fraction of sp³-hybridized carbons (Fsp3) is 0.917. The molecule has 0 unspecified atom stereocenters. The normalized spacial score (nSPS) is 22.8. The van der Waals surface area contributed by atoms with Gasteiger partial charge in [-0.05, 0) is 20.3 Å². The predicted octanol–water partition coefficient (Wildman–Crippen LogP) is 0.378. The van der Waals surface area contributed by atoms with Gasteiger partial charge in [-0.2, -0.15) is 0 Å². The second-order valence-electron chi connectivity index (χ2n) is 4.54. The number of rotatable bonds is 5. The number of ether oxygens (including phenoxy) is 2. The van der Waals surface area contributed by atoms with Crippen molar-refractivity contribution < 1.29 is 14.3 Å². The van der Waals surface area contributed by atoms with Gasteiger partial charge in [0.1, 0.15) is 6.04 Å². The molecule has 0 spiro atoms. The van der Waals surface area contributed by atoms with E-state index < -0.39 is 6.04 Å². The van der Waals surface area contributed by atoms with E-state index in [9.17, 15) is 4.79 Å². The lowest BCUT2D eigenvalue weighted by Crippen LogP contribution is -2.63. The Morgan fingerprint density at radius 1 is 1.47 bits per heavy atom. The summed E-state index contributed by atoms with van der Waals surface area (Å²) in [7, 11) is 0. The first kappa shape index (κ1) is 14.4. The first-order valence-electron chi connectivity index (χ1n) is 6.31. The lowest BCUT2D eigenvalue weighted by atomic mass is 9.87. The third kappa shape index (κ3) is 3.18. The van der Waals surface area contributed by atoms with Crippen molar-refractivity contribution in [3.8, 4) is 0 Å². The number of hydrogen-bond acceptors (Lipinski definition) is 5. The highest BCUT2D eigenvalue weighted by Gasteiger charge is 2.41. The van der Waals surface area contributed by atoms with Gasteiger partial charge in [0, 0.05) is 18.6 Å². The molecular weight excluding hydrogens is 220 g/mol. The summed E-state index contributed by atoms with van der Waals surface area (Å²) >= 11 is 0. The van der Waals surface area contributed by atoms with Crippen LogP contribution >= 0.6 is 0 Å². The van der Waals surface area contributed by atoms with E-state index in [1.807, 2.05) is 6.92 Å². The zero-order valence-electron chi connectivity index (χ0n) is 11.1. The van der Waals surface area contributed by atoms with E-state index in [4.69, 9.17) is 15.2 Å². The molecule has 5 nitrogen and oxygen atoms in total. The van der Waals surface area contributed by atoms with E-state index in [0.717, 1.165) is 19.5 Å². The van der Waals surface area contributed by atoms with E-state index in [1.165, 1.54) is 0 Å². The zero-order chi connectivity index (χ0) is 12.9. The summed E-state index contributed by atoms with van der Waals surface area (Å²) in [5.41, 5.74) is 5.71. The average Bonchev–Trinajstić information content (AvgIpc) is 2.38. The van der Waals surface area contributed by atoms with E-state index in [-0.39, 0.29) is 11.5 Å². The van der Waals surface area contributed by atoms with E-state index >= 15 is 0 Å². The molecule has 0 radical (unpaired) electrons. The Labute approximate surface area is 103 Å². The van der Waals surface area contributed by atoms with Crippen molar-refractivity contribution in [3.05, 3.63) is 0 Å². The Kier molecular flexibility index (Phi) is 5.36. The third-order valence-electron chi connectivity index (χ3n) is 3.66. The van der Waals surface area contributed by atoms with Crippen LogP contribution in [0.3, 0.4) is 0 Å². The van der Waals surface area contributed by atoms with Crippen molar-refractivity contribution >= 4 is 5.97 Å². The fourth-order valence-corrected chi connectivity index (χ4v) is 2.20.